The van der Waals surface area contributed by atoms with Crippen LogP contribution >= 0.6 is 0 Å². The van der Waals surface area contributed by atoms with E-state index in [-0.39, 0.29) is 6.04 Å². The van der Waals surface area contributed by atoms with Gasteiger partial charge >= 0.3 is 0 Å². The molecule has 272 valence electrons. The standard InChI is InChI=1S/C48H45N7/c1-3-4-15-42(49)40-25-27-43(50-31-40)34-17-21-36(22-18-34)46-52-47(54-48(53-46)39-14-10-13-38(30-39)33-11-6-5-7-12-33)37-23-19-35(20-24-37)44-28-26-41(32-51-44)45-16-8-9-29-55(45)2/h4-19,21-23,25,27-28,30-32,41,43,49-50H,3,20,24,26,29H2,1-2H3/b15-4-,49-42?. The SMILES string of the molecule is CC/C=C\C(=N)C1=CNC(c2ccc(-c3nc(C4=CC=C(C5=CCC(C6=CC=CCN6C)C=N5)CC4)nc(-c4cccc(-c5ccccc5)c4)n3)cc2)C=C1. The Morgan fingerprint density at radius 2 is 1.58 bits per heavy atom. The smallest absolute Gasteiger partial charge is 0.164 e. The van der Waals surface area contributed by atoms with E-state index in [1.54, 1.807) is 0 Å². The van der Waals surface area contributed by atoms with Crippen molar-refractivity contribution in [2.24, 2.45) is 10.9 Å². The Morgan fingerprint density at radius 1 is 0.836 bits per heavy atom. The van der Waals surface area contributed by atoms with Crippen molar-refractivity contribution in [3.05, 3.63) is 180 Å². The summed E-state index contributed by atoms with van der Waals surface area (Å²) in [5.74, 6) is 2.29. The third kappa shape index (κ3) is 8.06. The molecule has 0 bridgehead atoms. The summed E-state index contributed by atoms with van der Waals surface area (Å²) in [4.78, 5) is 22.5. The number of aliphatic imine (C=N–C) groups is 1. The van der Waals surface area contributed by atoms with Gasteiger partial charge in [-0.2, -0.15) is 0 Å². The van der Waals surface area contributed by atoms with Crippen LogP contribution in [0, 0.1) is 11.3 Å². The van der Waals surface area contributed by atoms with Gasteiger partial charge in [-0.05, 0) is 71.7 Å². The van der Waals surface area contributed by atoms with E-state index in [0.29, 0.717) is 29.1 Å². The Bertz CT molecular complexity index is 2370. The van der Waals surface area contributed by atoms with E-state index in [0.717, 1.165) is 76.9 Å². The number of allylic oxidation sites excluding steroid dienone is 12. The summed E-state index contributed by atoms with van der Waals surface area (Å²) in [5.41, 5.74) is 11.3. The van der Waals surface area contributed by atoms with Crippen LogP contribution in [0.5, 0.6) is 0 Å². The van der Waals surface area contributed by atoms with Gasteiger partial charge < -0.3 is 15.6 Å². The van der Waals surface area contributed by atoms with Crippen LogP contribution < -0.4 is 5.32 Å². The number of nitrogens with one attached hydrogen (secondary N) is 2. The molecule has 2 unspecified atom stereocenters. The molecule has 3 aliphatic heterocycles. The summed E-state index contributed by atoms with van der Waals surface area (Å²) in [6.45, 7) is 3.01. The van der Waals surface area contributed by atoms with Gasteiger partial charge in [0, 0.05) is 54.3 Å². The molecule has 0 amide bonds. The van der Waals surface area contributed by atoms with Crippen molar-refractivity contribution < 1.29 is 0 Å². The maximum Gasteiger partial charge on any atom is 0.164 e. The predicted molar refractivity (Wildman–Crippen MR) is 226 cm³/mol. The van der Waals surface area contributed by atoms with Gasteiger partial charge in [0.2, 0.25) is 0 Å². The number of rotatable bonds is 10. The molecule has 0 radical (unpaired) electrons. The van der Waals surface area contributed by atoms with Gasteiger partial charge in [0.1, 0.15) is 0 Å². The number of nitrogens with zero attached hydrogens (tertiary/aromatic N) is 5. The van der Waals surface area contributed by atoms with Gasteiger partial charge in [-0.25, -0.2) is 15.0 Å². The van der Waals surface area contributed by atoms with Crippen LogP contribution in [-0.2, 0) is 0 Å². The molecule has 0 saturated heterocycles. The van der Waals surface area contributed by atoms with Crippen LogP contribution in [0.4, 0.5) is 0 Å². The number of aromatic nitrogens is 3. The zero-order valence-electron chi connectivity index (χ0n) is 31.4. The van der Waals surface area contributed by atoms with Crippen LogP contribution in [-0.4, -0.2) is 45.4 Å². The quantitative estimate of drug-likeness (QED) is 0.159. The van der Waals surface area contributed by atoms with Crippen molar-refractivity contribution in [1.82, 2.24) is 25.2 Å². The first-order valence-electron chi connectivity index (χ1n) is 19.2. The Labute approximate surface area is 323 Å². The highest BCUT2D eigenvalue weighted by Crippen LogP contribution is 2.34. The monoisotopic (exact) mass is 719 g/mol. The van der Waals surface area contributed by atoms with Crippen molar-refractivity contribution >= 4 is 17.5 Å². The van der Waals surface area contributed by atoms with Crippen molar-refractivity contribution in [3.63, 3.8) is 0 Å². The summed E-state index contributed by atoms with van der Waals surface area (Å²) in [5, 5.41) is 11.8. The lowest BCUT2D eigenvalue weighted by Crippen LogP contribution is -2.26. The molecule has 2 atom stereocenters. The Morgan fingerprint density at radius 3 is 2.29 bits per heavy atom. The first-order valence-corrected chi connectivity index (χ1v) is 19.2. The zero-order chi connectivity index (χ0) is 37.6. The molecule has 0 fully saturated rings. The molecule has 0 saturated carbocycles. The molecule has 0 spiro atoms. The van der Waals surface area contributed by atoms with Crippen LogP contribution in [0.1, 0.15) is 50.0 Å². The average Bonchev–Trinajstić information content (AvgIpc) is 3.26. The van der Waals surface area contributed by atoms with Gasteiger partial charge in [-0.15, -0.1) is 0 Å². The highest BCUT2D eigenvalue weighted by molar-refractivity contribution is 6.08. The van der Waals surface area contributed by atoms with Gasteiger partial charge in [0.05, 0.1) is 17.5 Å². The molecular formula is C48H45N7. The highest BCUT2D eigenvalue weighted by atomic mass is 15.1. The summed E-state index contributed by atoms with van der Waals surface area (Å²) < 4.78 is 0. The van der Waals surface area contributed by atoms with E-state index in [1.807, 2.05) is 30.5 Å². The topological polar surface area (TPSA) is 90.2 Å². The predicted octanol–water partition coefficient (Wildman–Crippen LogP) is 10.4. The van der Waals surface area contributed by atoms with E-state index in [9.17, 15) is 0 Å². The fourth-order valence-electron chi connectivity index (χ4n) is 7.27. The lowest BCUT2D eigenvalue weighted by molar-refractivity contribution is 0.419. The molecule has 3 aromatic carbocycles. The first kappa shape index (κ1) is 35.6. The second-order valence-electron chi connectivity index (χ2n) is 14.2. The van der Waals surface area contributed by atoms with Gasteiger partial charge in [0.15, 0.2) is 17.5 Å². The largest absolute Gasteiger partial charge is 0.380 e. The summed E-state index contributed by atoms with van der Waals surface area (Å²) >= 11 is 0. The molecular weight excluding hydrogens is 675 g/mol. The maximum absolute atomic E-state index is 8.32. The van der Waals surface area contributed by atoms with E-state index >= 15 is 0 Å². The average molecular weight is 720 g/mol. The fraction of sp³-hybridized carbons (Fsp3) is 0.188. The van der Waals surface area contributed by atoms with Gasteiger partial charge in [0.25, 0.3) is 0 Å². The van der Waals surface area contributed by atoms with Gasteiger partial charge in [-0.1, -0.05) is 128 Å². The Balaban J connectivity index is 1.08. The summed E-state index contributed by atoms with van der Waals surface area (Å²) in [7, 11) is 2.15. The van der Waals surface area contributed by atoms with E-state index in [4.69, 9.17) is 25.4 Å². The molecule has 4 aromatic rings. The van der Waals surface area contributed by atoms with Crippen LogP contribution in [0.2, 0.25) is 0 Å². The van der Waals surface area contributed by atoms with Crippen molar-refractivity contribution in [2.75, 3.05) is 13.6 Å². The number of hydrogen-bond donors (Lipinski definition) is 2. The molecule has 2 N–H and O–H groups in total. The zero-order valence-corrected chi connectivity index (χ0v) is 31.4. The number of dihydropyridines is 1. The van der Waals surface area contributed by atoms with Crippen molar-refractivity contribution in [3.8, 4) is 33.9 Å². The van der Waals surface area contributed by atoms with Crippen molar-refractivity contribution in [1.29, 1.82) is 5.41 Å². The fourth-order valence-corrected chi connectivity index (χ4v) is 7.27. The number of benzene rings is 3. The molecule has 4 heterocycles. The Kier molecular flexibility index (Phi) is 10.5. The minimum Gasteiger partial charge on any atom is -0.380 e. The van der Waals surface area contributed by atoms with Crippen LogP contribution in [0.3, 0.4) is 0 Å². The van der Waals surface area contributed by atoms with Gasteiger partial charge in [-0.3, -0.25) is 4.99 Å². The molecule has 55 heavy (non-hydrogen) atoms. The third-order valence-electron chi connectivity index (χ3n) is 10.4. The lowest BCUT2D eigenvalue weighted by Gasteiger charge is -2.29. The minimum absolute atomic E-state index is 0.0108. The van der Waals surface area contributed by atoms with Crippen LogP contribution in [0.15, 0.2) is 173 Å². The highest BCUT2D eigenvalue weighted by Gasteiger charge is 2.22. The molecule has 7 heteroatoms. The Hall–Kier alpha value is -6.47. The van der Waals surface area contributed by atoms with E-state index < -0.39 is 0 Å². The maximum atomic E-state index is 8.32. The molecule has 4 aliphatic rings. The van der Waals surface area contributed by atoms with E-state index in [1.165, 1.54) is 11.3 Å². The number of likely N-dealkylation sites (N-methyl/N-ethyl adjacent to an activating group) is 1. The summed E-state index contributed by atoms with van der Waals surface area (Å²) in [6, 6.07) is 27.3. The minimum atomic E-state index is 0.0108. The molecule has 8 rings (SSSR count). The first-order chi connectivity index (χ1) is 27.0. The number of hydrogen-bond acceptors (Lipinski definition) is 7. The summed E-state index contributed by atoms with van der Waals surface area (Å²) in [6.07, 6.45) is 28.7. The molecule has 1 aromatic heterocycles. The molecule has 1 aliphatic carbocycles. The normalized spacial score (nSPS) is 19.3. The lowest BCUT2D eigenvalue weighted by atomic mass is 9.91. The van der Waals surface area contributed by atoms with E-state index in [2.05, 4.69) is 146 Å². The second kappa shape index (κ2) is 16.3. The third-order valence-corrected chi connectivity index (χ3v) is 10.4. The van der Waals surface area contributed by atoms with Crippen molar-refractivity contribution in [2.45, 2.75) is 38.6 Å². The molecule has 7 nitrogen and oxygen atoms in total. The van der Waals surface area contributed by atoms with Crippen LogP contribution in [0.25, 0.3) is 39.5 Å². The second-order valence-corrected chi connectivity index (χ2v) is 14.2.